The van der Waals surface area contributed by atoms with Crippen LogP contribution in [0.2, 0.25) is 0 Å². The highest BCUT2D eigenvalue weighted by atomic mass is 35.5. The molecule has 5 aromatic carbocycles. The first kappa shape index (κ1) is 26.3. The van der Waals surface area contributed by atoms with Gasteiger partial charge in [-0.2, -0.15) is 0 Å². The second-order valence-corrected chi connectivity index (χ2v) is 8.82. The largest absolute Gasteiger partial charge is 0.573 e. The standard InChI is InChI=1S/C28H23F3N2O.2ClH/c29-28(30,31)34-22-10-6-21(7-11-22)27(33-16-14-32-15-17-33)24-13-9-20-5-4-18-2-1-3-19-8-12-23(24)26(20)25(18)19;;/h1-13,27,32H,14-17H2;2*1H/t27-;;/m0../s1. The Labute approximate surface area is 219 Å². The molecule has 188 valence electrons. The van der Waals surface area contributed by atoms with Crippen molar-refractivity contribution in [2.45, 2.75) is 12.4 Å². The zero-order valence-corrected chi connectivity index (χ0v) is 20.9. The van der Waals surface area contributed by atoms with Crippen molar-refractivity contribution in [2.24, 2.45) is 0 Å². The van der Waals surface area contributed by atoms with Crippen molar-refractivity contribution in [2.75, 3.05) is 26.2 Å². The Morgan fingerprint density at radius 3 is 1.94 bits per heavy atom. The molecule has 0 saturated carbocycles. The minimum Gasteiger partial charge on any atom is -0.406 e. The van der Waals surface area contributed by atoms with Crippen LogP contribution in [0.4, 0.5) is 13.2 Å². The zero-order valence-electron chi connectivity index (χ0n) is 19.2. The number of nitrogens with zero attached hydrogens (tertiary/aromatic N) is 1. The van der Waals surface area contributed by atoms with Crippen LogP contribution >= 0.6 is 24.8 Å². The first-order valence-electron chi connectivity index (χ1n) is 11.4. The summed E-state index contributed by atoms with van der Waals surface area (Å²) >= 11 is 0. The normalized spacial score (nSPS) is 15.5. The number of rotatable bonds is 4. The highest BCUT2D eigenvalue weighted by Gasteiger charge is 2.31. The van der Waals surface area contributed by atoms with E-state index in [2.05, 4.69) is 69.6 Å². The van der Waals surface area contributed by atoms with E-state index in [9.17, 15) is 13.2 Å². The lowest BCUT2D eigenvalue weighted by Gasteiger charge is -2.36. The average molecular weight is 533 g/mol. The van der Waals surface area contributed by atoms with Crippen LogP contribution in [-0.2, 0) is 0 Å². The number of hydrogen-bond donors (Lipinski definition) is 1. The molecule has 0 unspecified atom stereocenters. The predicted molar refractivity (Wildman–Crippen MR) is 144 cm³/mol. The molecule has 0 spiro atoms. The molecule has 5 aromatic rings. The molecule has 1 fully saturated rings. The van der Waals surface area contributed by atoms with Gasteiger partial charge in [-0.25, -0.2) is 0 Å². The van der Waals surface area contributed by atoms with E-state index < -0.39 is 6.36 Å². The molecule has 3 nitrogen and oxygen atoms in total. The minimum absolute atomic E-state index is 0. The van der Waals surface area contributed by atoms with Crippen molar-refractivity contribution < 1.29 is 17.9 Å². The van der Waals surface area contributed by atoms with Gasteiger partial charge in [-0.3, -0.25) is 4.90 Å². The number of hydrogen-bond acceptors (Lipinski definition) is 3. The molecule has 6 rings (SSSR count). The van der Waals surface area contributed by atoms with E-state index in [1.807, 2.05) is 0 Å². The van der Waals surface area contributed by atoms with E-state index in [1.54, 1.807) is 12.1 Å². The summed E-state index contributed by atoms with van der Waals surface area (Å²) in [6.45, 7) is 3.45. The molecular formula is C28H25Cl2F3N2O. The molecule has 0 bridgehead atoms. The summed E-state index contributed by atoms with van der Waals surface area (Å²) in [5.41, 5.74) is 2.11. The fourth-order valence-electron chi connectivity index (χ4n) is 5.38. The second kappa shape index (κ2) is 10.3. The molecule has 1 aliphatic heterocycles. The minimum atomic E-state index is -4.70. The molecule has 0 aliphatic carbocycles. The molecular weight excluding hydrogens is 508 g/mol. The van der Waals surface area contributed by atoms with Crippen molar-refractivity contribution in [1.82, 2.24) is 10.2 Å². The molecule has 8 heteroatoms. The van der Waals surface area contributed by atoms with E-state index in [-0.39, 0.29) is 36.6 Å². The first-order chi connectivity index (χ1) is 16.5. The fourth-order valence-corrected chi connectivity index (χ4v) is 5.38. The number of nitrogens with one attached hydrogen (secondary N) is 1. The van der Waals surface area contributed by atoms with Crippen LogP contribution in [0.3, 0.4) is 0 Å². The number of alkyl halides is 3. The third-order valence-corrected chi connectivity index (χ3v) is 6.80. The van der Waals surface area contributed by atoms with E-state index in [0.29, 0.717) is 0 Å². The monoisotopic (exact) mass is 532 g/mol. The molecule has 1 aliphatic rings. The summed E-state index contributed by atoms with van der Waals surface area (Å²) < 4.78 is 42.2. The van der Waals surface area contributed by atoms with Crippen LogP contribution in [-0.4, -0.2) is 37.4 Å². The molecule has 1 atom stereocenters. The number of ether oxygens (including phenoxy) is 1. The summed E-state index contributed by atoms with van der Waals surface area (Å²) in [6, 6.07) is 25.6. The quantitative estimate of drug-likeness (QED) is 0.245. The Morgan fingerprint density at radius 1 is 0.722 bits per heavy atom. The van der Waals surface area contributed by atoms with Crippen LogP contribution < -0.4 is 10.1 Å². The van der Waals surface area contributed by atoms with E-state index in [0.717, 1.165) is 37.3 Å². The van der Waals surface area contributed by atoms with Crippen LogP contribution in [0.5, 0.6) is 5.75 Å². The van der Waals surface area contributed by atoms with Gasteiger partial charge in [0.25, 0.3) is 0 Å². The van der Waals surface area contributed by atoms with Gasteiger partial charge in [0, 0.05) is 26.2 Å². The van der Waals surface area contributed by atoms with Crippen molar-refractivity contribution in [3.63, 3.8) is 0 Å². The molecule has 1 saturated heterocycles. The highest BCUT2D eigenvalue weighted by Crippen LogP contribution is 2.41. The van der Waals surface area contributed by atoms with Gasteiger partial charge in [0.15, 0.2) is 0 Å². The SMILES string of the molecule is Cl.Cl.FC(F)(F)Oc1ccc([C@@H](c2ccc3ccc4cccc5ccc2c3c45)N2CCNCC2)cc1. The van der Waals surface area contributed by atoms with Crippen LogP contribution in [0.15, 0.2) is 78.9 Å². The zero-order chi connectivity index (χ0) is 23.3. The number of halogens is 5. The first-order valence-corrected chi connectivity index (χ1v) is 11.4. The third-order valence-electron chi connectivity index (χ3n) is 6.80. The van der Waals surface area contributed by atoms with Gasteiger partial charge < -0.3 is 10.1 Å². The Balaban J connectivity index is 0.00000152. The van der Waals surface area contributed by atoms with E-state index in [1.165, 1.54) is 44.5 Å². The van der Waals surface area contributed by atoms with Crippen LogP contribution in [0.25, 0.3) is 32.3 Å². The van der Waals surface area contributed by atoms with Crippen molar-refractivity contribution in [3.8, 4) is 5.75 Å². The molecule has 0 radical (unpaired) electrons. The Hall–Kier alpha value is -2.77. The van der Waals surface area contributed by atoms with E-state index in [4.69, 9.17) is 0 Å². The van der Waals surface area contributed by atoms with Gasteiger partial charge in [-0.15, -0.1) is 38.0 Å². The fraction of sp³-hybridized carbons (Fsp3) is 0.214. The van der Waals surface area contributed by atoms with Crippen molar-refractivity contribution in [3.05, 3.63) is 90.0 Å². The van der Waals surface area contributed by atoms with Gasteiger partial charge >= 0.3 is 6.36 Å². The van der Waals surface area contributed by atoms with Crippen molar-refractivity contribution >= 4 is 57.1 Å². The average Bonchev–Trinajstić information content (AvgIpc) is 2.84. The summed E-state index contributed by atoms with van der Waals surface area (Å²) in [4.78, 5) is 2.41. The molecule has 36 heavy (non-hydrogen) atoms. The summed E-state index contributed by atoms with van der Waals surface area (Å²) in [5, 5.41) is 10.7. The smallest absolute Gasteiger partial charge is 0.406 e. The Bertz CT molecular complexity index is 1450. The van der Waals surface area contributed by atoms with Gasteiger partial charge in [0.2, 0.25) is 0 Å². The maximum absolute atomic E-state index is 12.7. The van der Waals surface area contributed by atoms with E-state index >= 15 is 0 Å². The number of piperazine rings is 1. The predicted octanol–water partition coefficient (Wildman–Crippen LogP) is 7.32. The van der Waals surface area contributed by atoms with Gasteiger partial charge in [-0.1, -0.05) is 66.7 Å². The lowest BCUT2D eigenvalue weighted by molar-refractivity contribution is -0.274. The summed E-state index contributed by atoms with van der Waals surface area (Å²) in [6.07, 6.45) is -4.70. The van der Waals surface area contributed by atoms with Gasteiger partial charge in [0.1, 0.15) is 5.75 Å². The van der Waals surface area contributed by atoms with Crippen LogP contribution in [0, 0.1) is 0 Å². The molecule has 0 aromatic heterocycles. The topological polar surface area (TPSA) is 24.5 Å². The molecule has 1 N–H and O–H groups in total. The van der Waals surface area contributed by atoms with Crippen molar-refractivity contribution in [1.29, 1.82) is 0 Å². The Morgan fingerprint density at radius 2 is 1.31 bits per heavy atom. The lowest BCUT2D eigenvalue weighted by Crippen LogP contribution is -2.45. The summed E-state index contributed by atoms with van der Waals surface area (Å²) in [7, 11) is 0. The van der Waals surface area contributed by atoms with Gasteiger partial charge in [0.05, 0.1) is 6.04 Å². The number of benzene rings is 5. The Kier molecular flexibility index (Phi) is 7.53. The third kappa shape index (κ3) is 4.78. The second-order valence-electron chi connectivity index (χ2n) is 8.82. The maximum Gasteiger partial charge on any atom is 0.573 e. The van der Waals surface area contributed by atoms with Crippen LogP contribution in [0.1, 0.15) is 17.2 Å². The lowest BCUT2D eigenvalue weighted by atomic mass is 9.87. The molecule has 0 amide bonds. The maximum atomic E-state index is 12.7. The van der Waals surface area contributed by atoms with Gasteiger partial charge in [-0.05, 0) is 55.6 Å². The molecule has 1 heterocycles. The highest BCUT2D eigenvalue weighted by molar-refractivity contribution is 6.23. The summed E-state index contributed by atoms with van der Waals surface area (Å²) in [5.74, 6) is -0.203.